The van der Waals surface area contributed by atoms with Crippen molar-refractivity contribution in [3.63, 3.8) is 0 Å². The van der Waals surface area contributed by atoms with Gasteiger partial charge in [0.2, 0.25) is 5.82 Å². The molecule has 0 amide bonds. The molecule has 0 radical (unpaired) electrons. The summed E-state index contributed by atoms with van der Waals surface area (Å²) in [5.74, 6) is 0.329. The number of aliphatic hydroxyl groups excluding tert-OH is 1. The lowest BCUT2D eigenvalue weighted by Gasteiger charge is -2.11. The molecule has 98 valence electrons. The van der Waals surface area contributed by atoms with Gasteiger partial charge in [0.15, 0.2) is 0 Å². The van der Waals surface area contributed by atoms with E-state index < -0.39 is 18.7 Å². The van der Waals surface area contributed by atoms with Crippen LogP contribution in [0.1, 0.15) is 6.42 Å². The topological polar surface area (TPSA) is 63.8 Å². The van der Waals surface area contributed by atoms with E-state index in [9.17, 15) is 18.3 Å². The van der Waals surface area contributed by atoms with Crippen LogP contribution < -0.4 is 0 Å². The zero-order valence-electron chi connectivity index (χ0n) is 9.00. The number of aliphatic hydroxyl groups is 1. The molecule has 0 aliphatic rings. The minimum Gasteiger partial charge on any atom is -0.391 e. The number of halogens is 3. The Morgan fingerprint density at radius 3 is 2.83 bits per heavy atom. The van der Waals surface area contributed by atoms with E-state index in [2.05, 4.69) is 15.4 Å². The van der Waals surface area contributed by atoms with Gasteiger partial charge in [0, 0.05) is 10.9 Å². The lowest BCUT2D eigenvalue weighted by atomic mass is 10.2. The summed E-state index contributed by atoms with van der Waals surface area (Å²) in [5, 5.41) is 24.1. The Balaban J connectivity index is 1.99. The summed E-state index contributed by atoms with van der Waals surface area (Å²) in [6.07, 6.45) is -7.27. The summed E-state index contributed by atoms with van der Waals surface area (Å²) in [5.41, 5.74) is 0.747. The van der Waals surface area contributed by atoms with Gasteiger partial charge >= 0.3 is 6.18 Å². The maximum absolute atomic E-state index is 12.0. The van der Waals surface area contributed by atoms with E-state index in [-0.39, 0.29) is 6.54 Å². The molecule has 0 spiro atoms. The number of hydrogen-bond acceptors (Lipinski definition) is 5. The van der Waals surface area contributed by atoms with Crippen molar-refractivity contribution in [1.29, 1.82) is 0 Å². The second kappa shape index (κ2) is 5.02. The van der Waals surface area contributed by atoms with Crippen molar-refractivity contribution in [2.45, 2.75) is 25.2 Å². The minimum atomic E-state index is -4.41. The fourth-order valence-corrected chi connectivity index (χ4v) is 1.98. The number of tetrazole rings is 1. The number of alkyl halides is 3. The molecule has 9 heteroatoms. The van der Waals surface area contributed by atoms with E-state index in [0.717, 1.165) is 10.4 Å². The van der Waals surface area contributed by atoms with Gasteiger partial charge in [0.05, 0.1) is 19.1 Å². The smallest absolute Gasteiger partial charge is 0.391 e. The van der Waals surface area contributed by atoms with E-state index in [1.54, 1.807) is 11.4 Å². The zero-order chi connectivity index (χ0) is 13.2. The van der Waals surface area contributed by atoms with E-state index in [0.29, 0.717) is 5.82 Å². The van der Waals surface area contributed by atoms with Gasteiger partial charge in [0.1, 0.15) is 0 Å². The second-order valence-electron chi connectivity index (χ2n) is 3.65. The molecule has 18 heavy (non-hydrogen) atoms. The first kappa shape index (κ1) is 13.0. The Labute approximate surface area is 104 Å². The molecule has 2 aromatic rings. The maximum atomic E-state index is 12.0. The van der Waals surface area contributed by atoms with E-state index >= 15 is 0 Å². The average molecular weight is 278 g/mol. The zero-order valence-corrected chi connectivity index (χ0v) is 9.82. The Bertz CT molecular complexity index is 496. The SMILES string of the molecule is O[C@@H](Cn1nnc(-c2ccsc2)n1)CC(F)(F)F. The Kier molecular flexibility index (Phi) is 3.62. The highest BCUT2D eigenvalue weighted by molar-refractivity contribution is 7.08. The molecule has 0 saturated heterocycles. The van der Waals surface area contributed by atoms with E-state index in [1.165, 1.54) is 11.3 Å². The van der Waals surface area contributed by atoms with Crippen molar-refractivity contribution in [3.05, 3.63) is 16.8 Å². The maximum Gasteiger partial charge on any atom is 0.391 e. The van der Waals surface area contributed by atoms with Gasteiger partial charge in [0.25, 0.3) is 0 Å². The van der Waals surface area contributed by atoms with Crippen molar-refractivity contribution in [2.75, 3.05) is 0 Å². The normalized spacial score (nSPS) is 13.8. The highest BCUT2D eigenvalue weighted by atomic mass is 32.1. The molecule has 2 heterocycles. The highest BCUT2D eigenvalue weighted by Crippen LogP contribution is 2.22. The first-order valence-electron chi connectivity index (χ1n) is 4.99. The third-order valence-corrected chi connectivity index (χ3v) is 2.76. The number of aromatic nitrogens is 4. The van der Waals surface area contributed by atoms with Crippen LogP contribution in [-0.2, 0) is 6.54 Å². The minimum absolute atomic E-state index is 0.329. The van der Waals surface area contributed by atoms with Crippen LogP contribution in [-0.4, -0.2) is 37.6 Å². The molecule has 0 saturated carbocycles. The third kappa shape index (κ3) is 3.50. The van der Waals surface area contributed by atoms with Gasteiger partial charge in [-0.1, -0.05) is 0 Å². The van der Waals surface area contributed by atoms with Gasteiger partial charge < -0.3 is 5.11 Å². The van der Waals surface area contributed by atoms with Crippen molar-refractivity contribution < 1.29 is 18.3 Å². The predicted octanol–water partition coefficient (Wildman–Crippen LogP) is 1.71. The largest absolute Gasteiger partial charge is 0.391 e. The third-order valence-electron chi connectivity index (χ3n) is 2.07. The van der Waals surface area contributed by atoms with E-state index in [4.69, 9.17) is 0 Å². The molecule has 0 aromatic carbocycles. The van der Waals surface area contributed by atoms with Crippen molar-refractivity contribution in [3.8, 4) is 11.4 Å². The summed E-state index contributed by atoms with van der Waals surface area (Å²) in [6, 6.07) is 1.78. The van der Waals surface area contributed by atoms with Crippen LogP contribution in [0.25, 0.3) is 11.4 Å². The molecule has 0 fully saturated rings. The number of hydrogen-bond donors (Lipinski definition) is 1. The molecule has 0 aliphatic carbocycles. The van der Waals surface area contributed by atoms with Crippen molar-refractivity contribution in [1.82, 2.24) is 20.2 Å². The molecule has 0 aliphatic heterocycles. The summed E-state index contributed by atoms with van der Waals surface area (Å²) in [6.45, 7) is -0.337. The van der Waals surface area contributed by atoms with Gasteiger partial charge in [-0.05, 0) is 16.7 Å². The van der Waals surface area contributed by atoms with Gasteiger partial charge in [-0.25, -0.2) is 0 Å². The van der Waals surface area contributed by atoms with Crippen LogP contribution in [0.15, 0.2) is 16.8 Å². The molecular formula is C9H9F3N4OS. The summed E-state index contributed by atoms with van der Waals surface area (Å²) < 4.78 is 36.0. The first-order chi connectivity index (χ1) is 8.44. The van der Waals surface area contributed by atoms with Crippen LogP contribution >= 0.6 is 11.3 Å². The highest BCUT2D eigenvalue weighted by Gasteiger charge is 2.31. The fourth-order valence-electron chi connectivity index (χ4n) is 1.35. The second-order valence-corrected chi connectivity index (χ2v) is 4.43. The molecule has 0 bridgehead atoms. The van der Waals surface area contributed by atoms with Crippen LogP contribution in [0.3, 0.4) is 0 Å². The summed E-state index contributed by atoms with van der Waals surface area (Å²) >= 11 is 1.45. The van der Waals surface area contributed by atoms with Gasteiger partial charge in [-0.2, -0.15) is 29.3 Å². The predicted molar refractivity (Wildman–Crippen MR) is 57.8 cm³/mol. The quantitative estimate of drug-likeness (QED) is 0.924. The molecule has 2 aromatic heterocycles. The number of thiophene rings is 1. The molecule has 1 atom stereocenters. The molecular weight excluding hydrogens is 269 g/mol. The number of nitrogens with zero attached hydrogens (tertiary/aromatic N) is 4. The molecule has 1 N–H and O–H groups in total. The monoisotopic (exact) mass is 278 g/mol. The Morgan fingerprint density at radius 2 is 2.22 bits per heavy atom. The molecule has 5 nitrogen and oxygen atoms in total. The van der Waals surface area contributed by atoms with Crippen LogP contribution in [0, 0.1) is 0 Å². The van der Waals surface area contributed by atoms with Gasteiger partial charge in [-0.3, -0.25) is 0 Å². The number of rotatable bonds is 4. The molecule has 0 unspecified atom stereocenters. The standard InChI is InChI=1S/C9H9F3N4OS/c10-9(11,12)3-7(17)4-16-14-8(13-15-16)6-1-2-18-5-6/h1-2,5,7,17H,3-4H2/t7-/m1/s1. The van der Waals surface area contributed by atoms with Crippen molar-refractivity contribution >= 4 is 11.3 Å². The fraction of sp³-hybridized carbons (Fsp3) is 0.444. The van der Waals surface area contributed by atoms with Crippen LogP contribution in [0.2, 0.25) is 0 Å². The van der Waals surface area contributed by atoms with Crippen LogP contribution in [0.5, 0.6) is 0 Å². The Morgan fingerprint density at radius 1 is 1.44 bits per heavy atom. The average Bonchev–Trinajstić information content (AvgIpc) is 2.82. The molecule has 2 rings (SSSR count). The lowest BCUT2D eigenvalue weighted by Crippen LogP contribution is -2.25. The summed E-state index contributed by atoms with van der Waals surface area (Å²) in [4.78, 5) is 0.962. The summed E-state index contributed by atoms with van der Waals surface area (Å²) in [7, 11) is 0. The first-order valence-corrected chi connectivity index (χ1v) is 5.93. The Hall–Kier alpha value is -1.48. The van der Waals surface area contributed by atoms with Gasteiger partial charge in [-0.15, -0.1) is 10.2 Å². The lowest BCUT2D eigenvalue weighted by molar-refractivity contribution is -0.155. The van der Waals surface area contributed by atoms with Crippen LogP contribution in [0.4, 0.5) is 13.2 Å². The van der Waals surface area contributed by atoms with E-state index in [1.807, 2.05) is 5.38 Å². The van der Waals surface area contributed by atoms with Crippen molar-refractivity contribution in [2.24, 2.45) is 0 Å².